The van der Waals surface area contributed by atoms with E-state index in [9.17, 15) is 19.8 Å². The van der Waals surface area contributed by atoms with Gasteiger partial charge in [0.1, 0.15) is 0 Å². The van der Waals surface area contributed by atoms with Gasteiger partial charge < -0.3 is 20.3 Å². The Bertz CT molecular complexity index is 1120. The number of unbranched alkanes of at least 4 members (excludes halogenated alkanes) is 42. The molecule has 6 heteroatoms. The summed E-state index contributed by atoms with van der Waals surface area (Å²) in [7, 11) is 0. The lowest BCUT2D eigenvalue weighted by molar-refractivity contribution is -0.143. The lowest BCUT2D eigenvalue weighted by Crippen LogP contribution is -2.45. The number of aliphatic hydroxyl groups is 2. The Balaban J connectivity index is 3.34. The summed E-state index contributed by atoms with van der Waals surface area (Å²) in [4.78, 5) is 24.5. The van der Waals surface area contributed by atoms with E-state index in [1.54, 1.807) is 6.08 Å². The molecular weight excluding hydrogens is 851 g/mol. The number of nitrogens with one attached hydrogen (secondary N) is 1. The van der Waals surface area contributed by atoms with Crippen LogP contribution in [0.5, 0.6) is 0 Å². The van der Waals surface area contributed by atoms with E-state index < -0.39 is 12.1 Å². The number of ether oxygens (including phenoxy) is 1. The van der Waals surface area contributed by atoms with Gasteiger partial charge in [-0.1, -0.05) is 288 Å². The number of amides is 1. The Morgan fingerprint density at radius 1 is 0.406 bits per heavy atom. The normalized spacial score (nSPS) is 12.8. The smallest absolute Gasteiger partial charge is 0.305 e. The monoisotopic (exact) mass is 970 g/mol. The predicted octanol–water partition coefficient (Wildman–Crippen LogP) is 19.2. The molecule has 69 heavy (non-hydrogen) atoms. The number of allylic oxidation sites excluding steroid dienone is 5. The number of aliphatic hydroxyl groups excluding tert-OH is 2. The van der Waals surface area contributed by atoms with E-state index in [2.05, 4.69) is 43.5 Å². The summed E-state index contributed by atoms with van der Waals surface area (Å²) in [5.74, 6) is -0.0581. The Kier molecular flexibility index (Phi) is 57.0. The van der Waals surface area contributed by atoms with Gasteiger partial charge in [-0.3, -0.25) is 9.59 Å². The van der Waals surface area contributed by atoms with E-state index in [1.165, 1.54) is 250 Å². The zero-order valence-corrected chi connectivity index (χ0v) is 46.3. The van der Waals surface area contributed by atoms with Crippen molar-refractivity contribution < 1.29 is 24.5 Å². The van der Waals surface area contributed by atoms with E-state index in [1.807, 2.05) is 6.08 Å². The molecule has 3 N–H and O–H groups in total. The van der Waals surface area contributed by atoms with Crippen molar-refractivity contribution in [3.63, 3.8) is 0 Å². The highest BCUT2D eigenvalue weighted by atomic mass is 16.5. The van der Waals surface area contributed by atoms with Crippen molar-refractivity contribution in [2.75, 3.05) is 13.2 Å². The quantitative estimate of drug-likeness (QED) is 0.0321. The van der Waals surface area contributed by atoms with Crippen molar-refractivity contribution in [3.8, 4) is 0 Å². The maximum Gasteiger partial charge on any atom is 0.305 e. The SMILES string of the molecule is CCCCC/C=C\C/C=C\CCCCCCCCCCCC(=O)OCCCCCCCCCCCCCCCCCCCCCCCCCCC(=O)NC(CO)C(O)/C=C/CCCCCCCCC. The van der Waals surface area contributed by atoms with Gasteiger partial charge in [0.2, 0.25) is 5.91 Å². The fourth-order valence-electron chi connectivity index (χ4n) is 9.43. The summed E-state index contributed by atoms with van der Waals surface area (Å²) in [6.45, 7) is 4.86. The number of rotatable bonds is 57. The Hall–Kier alpha value is -1.92. The van der Waals surface area contributed by atoms with Crippen molar-refractivity contribution in [2.24, 2.45) is 0 Å². The first-order chi connectivity index (χ1) is 34.0. The molecule has 0 aromatic rings. The average molecular weight is 971 g/mol. The molecule has 6 nitrogen and oxygen atoms in total. The third kappa shape index (κ3) is 55.2. The van der Waals surface area contributed by atoms with Crippen LogP contribution in [0.1, 0.15) is 328 Å². The van der Waals surface area contributed by atoms with Crippen LogP contribution in [0.2, 0.25) is 0 Å². The predicted molar refractivity (Wildman–Crippen MR) is 301 cm³/mol. The van der Waals surface area contributed by atoms with Gasteiger partial charge in [-0.2, -0.15) is 0 Å². The second-order valence-corrected chi connectivity index (χ2v) is 21.0. The Labute approximate surface area is 430 Å². The summed E-state index contributed by atoms with van der Waals surface area (Å²) >= 11 is 0. The molecular formula is C63H119NO5. The lowest BCUT2D eigenvalue weighted by Gasteiger charge is -2.20. The van der Waals surface area contributed by atoms with E-state index in [4.69, 9.17) is 4.74 Å². The highest BCUT2D eigenvalue weighted by Crippen LogP contribution is 2.17. The summed E-state index contributed by atoms with van der Waals surface area (Å²) < 4.78 is 5.50. The molecule has 0 aliphatic heterocycles. The standard InChI is InChI=1S/C63H119NO5/c1-3-5-7-9-11-13-14-15-16-17-24-28-31-34-37-41-45-49-53-57-63(68)69-58-54-50-46-42-38-35-32-29-26-23-21-19-18-20-22-25-27-30-33-36-40-44-48-52-56-62(67)64-60(59-65)61(66)55-51-47-43-39-12-10-8-6-4-2/h11,13,15-16,51,55,60-61,65-66H,3-10,12,14,17-50,52-54,56-59H2,1-2H3,(H,64,67)/b13-11-,16-15-,55-51+. The molecule has 0 fully saturated rings. The van der Waals surface area contributed by atoms with Crippen LogP contribution in [0.15, 0.2) is 36.5 Å². The van der Waals surface area contributed by atoms with Gasteiger partial charge in [0.05, 0.1) is 25.4 Å². The van der Waals surface area contributed by atoms with E-state index in [0.29, 0.717) is 19.4 Å². The maximum absolute atomic E-state index is 12.4. The van der Waals surface area contributed by atoms with Crippen LogP contribution >= 0.6 is 0 Å². The molecule has 2 atom stereocenters. The van der Waals surface area contributed by atoms with E-state index >= 15 is 0 Å². The van der Waals surface area contributed by atoms with E-state index in [0.717, 1.165) is 51.4 Å². The fraction of sp³-hybridized carbons (Fsp3) is 0.873. The molecule has 0 rings (SSSR count). The van der Waals surface area contributed by atoms with Crippen LogP contribution in [0, 0.1) is 0 Å². The molecule has 0 aromatic carbocycles. The van der Waals surface area contributed by atoms with Gasteiger partial charge in [0.25, 0.3) is 0 Å². The first-order valence-electron chi connectivity index (χ1n) is 30.8. The Morgan fingerprint density at radius 3 is 1.13 bits per heavy atom. The van der Waals surface area contributed by atoms with E-state index in [-0.39, 0.29) is 18.5 Å². The minimum Gasteiger partial charge on any atom is -0.466 e. The first kappa shape index (κ1) is 67.1. The average Bonchev–Trinajstić information content (AvgIpc) is 3.35. The van der Waals surface area contributed by atoms with Gasteiger partial charge >= 0.3 is 5.97 Å². The van der Waals surface area contributed by atoms with Crippen molar-refractivity contribution in [3.05, 3.63) is 36.5 Å². The third-order valence-electron chi connectivity index (χ3n) is 14.2. The number of esters is 1. The van der Waals surface area contributed by atoms with Crippen LogP contribution in [0.3, 0.4) is 0 Å². The maximum atomic E-state index is 12.4. The highest BCUT2D eigenvalue weighted by Gasteiger charge is 2.18. The van der Waals surface area contributed by atoms with Crippen molar-refractivity contribution >= 4 is 11.9 Å². The Morgan fingerprint density at radius 2 is 0.725 bits per heavy atom. The molecule has 0 saturated heterocycles. The zero-order valence-electron chi connectivity index (χ0n) is 46.3. The number of carbonyl (C=O) groups excluding carboxylic acids is 2. The summed E-state index contributed by atoms with van der Waals surface area (Å²) in [6, 6.07) is -0.625. The minimum atomic E-state index is -0.841. The first-order valence-corrected chi connectivity index (χ1v) is 30.8. The van der Waals surface area contributed by atoms with Crippen molar-refractivity contribution in [1.29, 1.82) is 0 Å². The number of carbonyl (C=O) groups is 2. The van der Waals surface area contributed by atoms with Crippen molar-refractivity contribution in [1.82, 2.24) is 5.32 Å². The van der Waals surface area contributed by atoms with Gasteiger partial charge in [-0.25, -0.2) is 0 Å². The van der Waals surface area contributed by atoms with Gasteiger partial charge in [0.15, 0.2) is 0 Å². The van der Waals surface area contributed by atoms with Crippen LogP contribution in [0.4, 0.5) is 0 Å². The second kappa shape index (κ2) is 58.6. The molecule has 0 radical (unpaired) electrons. The van der Waals surface area contributed by atoms with Gasteiger partial charge in [-0.05, 0) is 64.2 Å². The summed E-state index contributed by atoms with van der Waals surface area (Å²) in [5, 5.41) is 22.9. The van der Waals surface area contributed by atoms with Crippen LogP contribution in [0.25, 0.3) is 0 Å². The topological polar surface area (TPSA) is 95.9 Å². The molecule has 0 aliphatic carbocycles. The third-order valence-corrected chi connectivity index (χ3v) is 14.2. The number of hydrogen-bond acceptors (Lipinski definition) is 5. The zero-order chi connectivity index (χ0) is 50.0. The molecule has 0 heterocycles. The van der Waals surface area contributed by atoms with Gasteiger partial charge in [0, 0.05) is 12.8 Å². The number of hydrogen-bond donors (Lipinski definition) is 3. The van der Waals surface area contributed by atoms with Crippen LogP contribution < -0.4 is 5.32 Å². The molecule has 0 saturated carbocycles. The molecule has 0 aromatic heterocycles. The molecule has 0 aliphatic rings. The second-order valence-electron chi connectivity index (χ2n) is 21.0. The highest BCUT2D eigenvalue weighted by molar-refractivity contribution is 5.76. The summed E-state index contributed by atoms with van der Waals surface area (Å²) in [6.07, 6.45) is 73.4. The minimum absolute atomic E-state index is 0.0110. The molecule has 406 valence electrons. The largest absolute Gasteiger partial charge is 0.466 e. The fourth-order valence-corrected chi connectivity index (χ4v) is 9.43. The molecule has 0 spiro atoms. The molecule has 0 bridgehead atoms. The van der Waals surface area contributed by atoms with Gasteiger partial charge in [-0.15, -0.1) is 0 Å². The van der Waals surface area contributed by atoms with Crippen LogP contribution in [-0.2, 0) is 14.3 Å². The van der Waals surface area contributed by atoms with Crippen molar-refractivity contribution in [2.45, 2.75) is 341 Å². The molecule has 1 amide bonds. The summed E-state index contributed by atoms with van der Waals surface area (Å²) in [5.41, 5.74) is 0. The molecule has 2 unspecified atom stereocenters. The van der Waals surface area contributed by atoms with Crippen LogP contribution in [-0.4, -0.2) is 47.4 Å². The lowest BCUT2D eigenvalue weighted by atomic mass is 10.0.